The van der Waals surface area contributed by atoms with Gasteiger partial charge in [0.1, 0.15) is 0 Å². The van der Waals surface area contributed by atoms with Crippen molar-refractivity contribution in [1.82, 2.24) is 9.13 Å². The van der Waals surface area contributed by atoms with E-state index < -0.39 is 8.40 Å². The van der Waals surface area contributed by atoms with Crippen LogP contribution >= 0.6 is 0 Å². The summed E-state index contributed by atoms with van der Waals surface area (Å²) in [5.41, 5.74) is 0.675. The molecule has 0 aromatic carbocycles. The molecule has 0 spiro atoms. The number of rotatable bonds is 4. The number of hydrogen-bond donors (Lipinski definition) is 0. The Kier molecular flexibility index (Phi) is 5.04. The Morgan fingerprint density at radius 1 is 0.889 bits per heavy atom. The molecular weight excluding hydrogens is 236 g/mol. The molecule has 0 aromatic heterocycles. The van der Waals surface area contributed by atoms with Gasteiger partial charge in [-0.3, -0.25) is 0 Å². The molecule has 2 aliphatic heterocycles. The fourth-order valence-electron chi connectivity index (χ4n) is 3.69. The summed E-state index contributed by atoms with van der Waals surface area (Å²) < 4.78 is 5.74. The van der Waals surface area contributed by atoms with Crippen LogP contribution in [0, 0.1) is 0 Å². The lowest BCUT2D eigenvalue weighted by atomic mass is 10.2. The van der Waals surface area contributed by atoms with Gasteiger partial charge in [-0.25, -0.2) is 0 Å². The summed E-state index contributed by atoms with van der Waals surface area (Å²) in [7, 11) is -1.50. The van der Waals surface area contributed by atoms with Crippen molar-refractivity contribution in [2.24, 2.45) is 0 Å². The van der Waals surface area contributed by atoms with Gasteiger partial charge < -0.3 is 9.13 Å². The van der Waals surface area contributed by atoms with Crippen LogP contribution < -0.4 is 0 Å². The Labute approximate surface area is 114 Å². The average molecular weight is 267 g/mol. The summed E-state index contributed by atoms with van der Waals surface area (Å²) >= 11 is 0. The van der Waals surface area contributed by atoms with E-state index in [1.165, 1.54) is 64.7 Å². The van der Waals surface area contributed by atoms with Crippen LogP contribution in [0.3, 0.4) is 0 Å². The summed E-state index contributed by atoms with van der Waals surface area (Å²) in [5.74, 6) is 0. The van der Waals surface area contributed by atoms with Crippen molar-refractivity contribution >= 4 is 8.40 Å². The van der Waals surface area contributed by atoms with Crippen LogP contribution in [0.15, 0.2) is 12.7 Å². The minimum Gasteiger partial charge on any atom is -0.311 e. The number of piperidine rings is 2. The van der Waals surface area contributed by atoms with Crippen molar-refractivity contribution < 1.29 is 0 Å². The van der Waals surface area contributed by atoms with E-state index in [0.717, 1.165) is 0 Å². The highest BCUT2D eigenvalue weighted by atomic mass is 28.3. The molecule has 0 bridgehead atoms. The van der Waals surface area contributed by atoms with Gasteiger partial charge in [-0.15, -0.1) is 6.58 Å². The Morgan fingerprint density at radius 2 is 1.28 bits per heavy atom. The van der Waals surface area contributed by atoms with Crippen molar-refractivity contribution in [3.63, 3.8) is 0 Å². The summed E-state index contributed by atoms with van der Waals surface area (Å²) in [6.07, 6.45) is 10.7. The zero-order valence-corrected chi connectivity index (χ0v) is 13.3. The predicted octanol–water partition coefficient (Wildman–Crippen LogP) is 3.61. The molecule has 2 aliphatic rings. The Balaban J connectivity index is 2.17. The summed E-state index contributed by atoms with van der Waals surface area (Å²) in [6, 6.07) is 0. The first kappa shape index (κ1) is 14.3. The zero-order chi connectivity index (χ0) is 13.0. The number of nitrogens with zero attached hydrogens (tertiary/aromatic N) is 2. The fraction of sp³-hybridized carbons (Fsp3) is 0.867. The quantitative estimate of drug-likeness (QED) is 0.566. The van der Waals surface area contributed by atoms with Gasteiger partial charge in [0.05, 0.1) is 0 Å². The van der Waals surface area contributed by atoms with E-state index >= 15 is 0 Å². The fourth-order valence-corrected chi connectivity index (χ4v) is 8.13. The lowest BCUT2D eigenvalue weighted by Crippen LogP contribution is -2.67. The summed E-state index contributed by atoms with van der Waals surface area (Å²) in [6.45, 7) is 14.4. The normalized spacial score (nSPS) is 25.9. The SMILES string of the molecule is C=CC(C)[Si](C)(N1CCCCC1)N1CCCCC1. The molecular formula is C15H30N2Si. The van der Waals surface area contributed by atoms with Gasteiger partial charge >= 0.3 is 0 Å². The largest absolute Gasteiger partial charge is 0.311 e. The van der Waals surface area contributed by atoms with Crippen molar-refractivity contribution in [2.75, 3.05) is 26.2 Å². The maximum absolute atomic E-state index is 4.10. The second-order valence-electron chi connectivity index (χ2n) is 6.21. The highest BCUT2D eigenvalue weighted by molar-refractivity contribution is 6.75. The van der Waals surface area contributed by atoms with Crippen molar-refractivity contribution in [3.05, 3.63) is 12.7 Å². The lowest BCUT2D eigenvalue weighted by Gasteiger charge is -2.52. The maximum atomic E-state index is 4.10. The highest BCUT2D eigenvalue weighted by Gasteiger charge is 2.45. The van der Waals surface area contributed by atoms with Crippen LogP contribution in [0.25, 0.3) is 0 Å². The Morgan fingerprint density at radius 3 is 1.61 bits per heavy atom. The maximum Gasteiger partial charge on any atom is 0.210 e. The Hall–Kier alpha value is -0.123. The molecule has 0 radical (unpaired) electrons. The van der Waals surface area contributed by atoms with Crippen LogP contribution in [0.4, 0.5) is 0 Å². The molecule has 1 unspecified atom stereocenters. The lowest BCUT2D eigenvalue weighted by molar-refractivity contribution is 0.258. The molecule has 0 amide bonds. The van der Waals surface area contributed by atoms with E-state index in [0.29, 0.717) is 5.54 Å². The van der Waals surface area contributed by atoms with Crippen LogP contribution in [-0.2, 0) is 0 Å². The topological polar surface area (TPSA) is 6.48 Å². The smallest absolute Gasteiger partial charge is 0.210 e. The van der Waals surface area contributed by atoms with E-state index in [1.807, 2.05) is 0 Å². The molecule has 1 atom stereocenters. The molecule has 0 aromatic rings. The van der Waals surface area contributed by atoms with E-state index in [9.17, 15) is 0 Å². The minimum absolute atomic E-state index is 0.675. The first-order valence-corrected chi connectivity index (χ1v) is 10.3. The molecule has 2 saturated heterocycles. The molecule has 0 N–H and O–H groups in total. The third-order valence-electron chi connectivity index (χ3n) is 5.21. The van der Waals surface area contributed by atoms with Gasteiger partial charge in [-0.2, -0.15) is 0 Å². The standard InChI is InChI=1S/C15H30N2Si/c1-4-15(2)18(3,16-11-7-5-8-12-16)17-13-9-6-10-14-17/h4,15H,1,5-14H2,2-3H3. The summed E-state index contributed by atoms with van der Waals surface area (Å²) in [5, 5.41) is 0. The van der Waals surface area contributed by atoms with Gasteiger partial charge in [-0.05, 0) is 64.0 Å². The summed E-state index contributed by atoms with van der Waals surface area (Å²) in [4.78, 5) is 0. The molecule has 104 valence electrons. The number of allylic oxidation sites excluding steroid dienone is 1. The van der Waals surface area contributed by atoms with Crippen LogP contribution in [0.1, 0.15) is 45.4 Å². The second-order valence-corrected chi connectivity index (χ2v) is 10.6. The van der Waals surface area contributed by atoms with E-state index in [1.54, 1.807) is 0 Å². The second kappa shape index (κ2) is 6.35. The van der Waals surface area contributed by atoms with Crippen molar-refractivity contribution in [1.29, 1.82) is 0 Å². The predicted molar refractivity (Wildman–Crippen MR) is 82.1 cm³/mol. The first-order chi connectivity index (χ1) is 8.69. The molecule has 0 saturated carbocycles. The molecule has 18 heavy (non-hydrogen) atoms. The molecule has 0 aliphatic carbocycles. The van der Waals surface area contributed by atoms with Crippen LogP contribution in [0.2, 0.25) is 12.1 Å². The third-order valence-corrected chi connectivity index (χ3v) is 10.6. The zero-order valence-electron chi connectivity index (χ0n) is 12.3. The molecule has 2 fully saturated rings. The van der Waals surface area contributed by atoms with Gasteiger partial charge in [0, 0.05) is 0 Å². The van der Waals surface area contributed by atoms with E-state index in [-0.39, 0.29) is 0 Å². The Bertz CT molecular complexity index is 250. The van der Waals surface area contributed by atoms with E-state index in [2.05, 4.69) is 35.3 Å². The molecule has 2 nitrogen and oxygen atoms in total. The third kappa shape index (κ3) is 2.73. The number of hydrogen-bond acceptors (Lipinski definition) is 2. The van der Waals surface area contributed by atoms with E-state index in [4.69, 9.17) is 0 Å². The van der Waals surface area contributed by atoms with Crippen LogP contribution in [0.5, 0.6) is 0 Å². The van der Waals surface area contributed by atoms with Gasteiger partial charge in [0.2, 0.25) is 8.40 Å². The van der Waals surface area contributed by atoms with Gasteiger partial charge in [0.25, 0.3) is 0 Å². The van der Waals surface area contributed by atoms with Crippen LogP contribution in [-0.4, -0.2) is 43.7 Å². The van der Waals surface area contributed by atoms with Crippen molar-refractivity contribution in [2.45, 2.75) is 57.5 Å². The molecule has 2 rings (SSSR count). The van der Waals surface area contributed by atoms with Gasteiger partial charge in [0.15, 0.2) is 0 Å². The average Bonchev–Trinajstić information content (AvgIpc) is 2.47. The van der Waals surface area contributed by atoms with Gasteiger partial charge in [-0.1, -0.05) is 25.8 Å². The molecule has 3 heteroatoms. The minimum atomic E-state index is -1.50. The highest BCUT2D eigenvalue weighted by Crippen LogP contribution is 2.33. The molecule has 2 heterocycles. The first-order valence-electron chi connectivity index (χ1n) is 7.82. The monoisotopic (exact) mass is 266 g/mol. The van der Waals surface area contributed by atoms with Crippen molar-refractivity contribution in [3.8, 4) is 0 Å².